The number of ether oxygens (including phenoxy) is 4. The van der Waals surface area contributed by atoms with E-state index in [0.29, 0.717) is 35.7 Å². The second-order valence-electron chi connectivity index (χ2n) is 10.3. The average Bonchev–Trinajstić information content (AvgIpc) is 3.41. The summed E-state index contributed by atoms with van der Waals surface area (Å²) < 4.78 is 21.1. The molecule has 41 heavy (non-hydrogen) atoms. The Balaban J connectivity index is 1.07. The van der Waals surface area contributed by atoms with Gasteiger partial charge in [0, 0.05) is 11.8 Å². The minimum Gasteiger partial charge on any atom is -0.493 e. The first kappa shape index (κ1) is 26.0. The van der Waals surface area contributed by atoms with Gasteiger partial charge in [-0.25, -0.2) is 19.2 Å². The summed E-state index contributed by atoms with van der Waals surface area (Å²) in [7, 11) is 0. The maximum absolute atomic E-state index is 11.8. The van der Waals surface area contributed by atoms with Gasteiger partial charge in [0.1, 0.15) is 17.2 Å². The molecule has 0 N–H and O–H groups in total. The van der Waals surface area contributed by atoms with Gasteiger partial charge in [0.15, 0.2) is 0 Å². The predicted molar refractivity (Wildman–Crippen MR) is 147 cm³/mol. The van der Waals surface area contributed by atoms with E-state index in [0.717, 1.165) is 22.4 Å². The molecule has 2 aliphatic rings. The third kappa shape index (κ3) is 4.96. The van der Waals surface area contributed by atoms with E-state index in [1.54, 1.807) is 24.3 Å². The van der Waals surface area contributed by atoms with Crippen LogP contribution < -0.4 is 9.47 Å². The lowest BCUT2D eigenvalue weighted by Crippen LogP contribution is -2.18. The number of benzene rings is 4. The van der Waals surface area contributed by atoms with Crippen molar-refractivity contribution in [3.05, 3.63) is 124 Å². The maximum Gasteiger partial charge on any atom is 0.347 e. The molecule has 0 aromatic heterocycles. The standard InChI is InChI=1S/C33H24O8/c1-33(2,21-6-10-23(11-7-21)39-24-12-14-26-28(18-24)32(37)41-30(26)35)20-4-8-22(9-5-20)38-16-15-19-3-13-25-27(17-19)31(36)40-29(25)34/h3-14,17-18H,15-16H2,1-2H3. The molecule has 2 aliphatic heterocycles. The van der Waals surface area contributed by atoms with Crippen molar-refractivity contribution in [3.63, 3.8) is 0 Å². The molecule has 0 aliphatic carbocycles. The van der Waals surface area contributed by atoms with Crippen LogP contribution in [0.25, 0.3) is 0 Å². The molecule has 0 atom stereocenters. The normalized spacial score (nSPS) is 13.9. The van der Waals surface area contributed by atoms with Crippen LogP contribution in [-0.2, 0) is 21.3 Å². The predicted octanol–water partition coefficient (Wildman–Crippen LogP) is 6.05. The summed E-state index contributed by atoms with van der Waals surface area (Å²) in [6.07, 6.45) is 0.573. The summed E-state index contributed by atoms with van der Waals surface area (Å²) >= 11 is 0. The van der Waals surface area contributed by atoms with Gasteiger partial charge in [-0.05, 0) is 71.3 Å². The zero-order valence-electron chi connectivity index (χ0n) is 22.3. The fourth-order valence-corrected chi connectivity index (χ4v) is 4.91. The summed E-state index contributed by atoms with van der Waals surface area (Å²) in [6, 6.07) is 25.4. The zero-order chi connectivity index (χ0) is 28.7. The molecule has 0 fully saturated rings. The minimum absolute atomic E-state index is 0.199. The van der Waals surface area contributed by atoms with Crippen LogP contribution in [0.3, 0.4) is 0 Å². The van der Waals surface area contributed by atoms with Gasteiger partial charge < -0.3 is 18.9 Å². The van der Waals surface area contributed by atoms with Crippen LogP contribution in [0.15, 0.2) is 84.9 Å². The molecule has 2 heterocycles. The number of fused-ring (bicyclic) bond motifs is 2. The Labute approximate surface area is 235 Å². The molecule has 0 radical (unpaired) electrons. The second-order valence-corrected chi connectivity index (χ2v) is 10.3. The van der Waals surface area contributed by atoms with E-state index in [2.05, 4.69) is 23.3 Å². The highest BCUT2D eigenvalue weighted by Crippen LogP contribution is 2.35. The van der Waals surface area contributed by atoms with Crippen LogP contribution in [0.1, 0.15) is 72.0 Å². The van der Waals surface area contributed by atoms with E-state index in [9.17, 15) is 19.2 Å². The van der Waals surface area contributed by atoms with Crippen molar-refractivity contribution >= 4 is 23.9 Å². The number of rotatable bonds is 8. The largest absolute Gasteiger partial charge is 0.493 e. The first-order valence-corrected chi connectivity index (χ1v) is 13.0. The van der Waals surface area contributed by atoms with Crippen LogP contribution >= 0.6 is 0 Å². The lowest BCUT2D eigenvalue weighted by molar-refractivity contribution is 0.0425. The molecule has 0 saturated heterocycles. The lowest BCUT2D eigenvalue weighted by Gasteiger charge is -2.26. The Morgan fingerprint density at radius 2 is 1.05 bits per heavy atom. The molecule has 4 aromatic rings. The van der Waals surface area contributed by atoms with Crippen molar-refractivity contribution in [2.24, 2.45) is 0 Å². The van der Waals surface area contributed by atoms with Crippen molar-refractivity contribution in [1.29, 1.82) is 0 Å². The highest BCUT2D eigenvalue weighted by molar-refractivity contribution is 6.15. The van der Waals surface area contributed by atoms with Gasteiger partial charge in [-0.2, -0.15) is 0 Å². The lowest BCUT2D eigenvalue weighted by atomic mass is 9.78. The van der Waals surface area contributed by atoms with Crippen molar-refractivity contribution < 1.29 is 38.1 Å². The minimum atomic E-state index is -0.671. The van der Waals surface area contributed by atoms with Crippen molar-refractivity contribution in [2.75, 3.05) is 6.61 Å². The highest BCUT2D eigenvalue weighted by atomic mass is 16.6. The van der Waals surface area contributed by atoms with E-state index in [4.69, 9.17) is 9.47 Å². The summed E-state index contributed by atoms with van der Waals surface area (Å²) in [5.41, 5.74) is 3.79. The van der Waals surface area contributed by atoms with E-state index < -0.39 is 23.9 Å². The number of hydrogen-bond donors (Lipinski definition) is 0. The SMILES string of the molecule is CC(C)(c1ccc(OCCc2ccc3c(c2)C(=O)OC3=O)cc1)c1ccc(Oc2ccc3c(c2)C(=O)OC3=O)cc1. The van der Waals surface area contributed by atoms with Gasteiger partial charge in [-0.3, -0.25) is 0 Å². The topological polar surface area (TPSA) is 105 Å². The first-order valence-electron chi connectivity index (χ1n) is 13.0. The number of carbonyl (C=O) groups is 4. The number of hydrogen-bond acceptors (Lipinski definition) is 8. The Hall–Kier alpha value is -5.24. The van der Waals surface area contributed by atoms with Gasteiger partial charge in [0.25, 0.3) is 0 Å². The van der Waals surface area contributed by atoms with E-state index in [1.165, 1.54) is 12.1 Å². The summed E-state index contributed by atoms with van der Waals surface area (Å²) in [5.74, 6) is -0.779. The molecule has 8 nitrogen and oxygen atoms in total. The Bertz CT molecular complexity index is 1720. The van der Waals surface area contributed by atoms with Gasteiger partial charge in [-0.15, -0.1) is 0 Å². The molecule has 0 bridgehead atoms. The summed E-state index contributed by atoms with van der Waals surface area (Å²) in [6.45, 7) is 4.67. The van der Waals surface area contributed by atoms with Crippen molar-refractivity contribution in [2.45, 2.75) is 25.7 Å². The van der Waals surface area contributed by atoms with E-state index in [-0.39, 0.29) is 16.5 Å². The smallest absolute Gasteiger partial charge is 0.347 e. The maximum atomic E-state index is 11.8. The second kappa shape index (κ2) is 10.1. The molecular weight excluding hydrogens is 524 g/mol. The quantitative estimate of drug-likeness (QED) is 0.194. The fourth-order valence-electron chi connectivity index (χ4n) is 4.91. The summed E-state index contributed by atoms with van der Waals surface area (Å²) in [5, 5.41) is 0. The van der Waals surface area contributed by atoms with Crippen molar-refractivity contribution in [1.82, 2.24) is 0 Å². The Morgan fingerprint density at radius 1 is 0.561 bits per heavy atom. The number of cyclic esters (lactones) is 4. The molecule has 8 heteroatoms. The van der Waals surface area contributed by atoms with Crippen LogP contribution in [0, 0.1) is 0 Å². The fraction of sp³-hybridized carbons (Fsp3) is 0.152. The third-order valence-corrected chi connectivity index (χ3v) is 7.37. The van der Waals surface area contributed by atoms with Gasteiger partial charge in [0.2, 0.25) is 0 Å². The van der Waals surface area contributed by atoms with Gasteiger partial charge in [0.05, 0.1) is 28.9 Å². The van der Waals surface area contributed by atoms with Crippen LogP contribution in [-0.4, -0.2) is 30.5 Å². The molecule has 0 spiro atoms. The molecule has 0 saturated carbocycles. The molecule has 6 rings (SSSR count). The molecule has 0 unspecified atom stereocenters. The molecule has 204 valence electrons. The highest BCUT2D eigenvalue weighted by Gasteiger charge is 2.31. The number of carbonyl (C=O) groups excluding carboxylic acids is 4. The molecular formula is C33H24O8. The van der Waals surface area contributed by atoms with E-state index >= 15 is 0 Å². The van der Waals surface area contributed by atoms with E-state index in [1.807, 2.05) is 48.5 Å². The summed E-state index contributed by atoms with van der Waals surface area (Å²) in [4.78, 5) is 46.9. The van der Waals surface area contributed by atoms with Crippen molar-refractivity contribution in [3.8, 4) is 17.2 Å². The first-order chi connectivity index (χ1) is 19.7. The monoisotopic (exact) mass is 548 g/mol. The third-order valence-electron chi connectivity index (χ3n) is 7.37. The van der Waals surface area contributed by atoms with Crippen LogP contribution in [0.4, 0.5) is 0 Å². The molecule has 0 amide bonds. The molecule has 4 aromatic carbocycles. The van der Waals surface area contributed by atoms with Gasteiger partial charge >= 0.3 is 23.9 Å². The Kier molecular flexibility index (Phi) is 6.38. The number of esters is 4. The van der Waals surface area contributed by atoms with Crippen LogP contribution in [0.5, 0.6) is 17.2 Å². The van der Waals surface area contributed by atoms with Crippen LogP contribution in [0.2, 0.25) is 0 Å². The van der Waals surface area contributed by atoms with Gasteiger partial charge in [-0.1, -0.05) is 44.2 Å². The zero-order valence-corrected chi connectivity index (χ0v) is 22.3. The average molecular weight is 549 g/mol. The Morgan fingerprint density at radius 3 is 1.66 bits per heavy atom.